The molecule has 0 aliphatic carbocycles. The third-order valence-corrected chi connectivity index (χ3v) is 11.9. The highest BCUT2D eigenvalue weighted by atomic mass is 16.7. The Hall–Kier alpha value is -6.28. The average Bonchev–Trinajstić information content (AvgIpc) is 4.02. The van der Waals surface area contributed by atoms with E-state index < -0.39 is 0 Å². The Bertz CT molecular complexity index is 2550. The molecule has 6 aromatic rings. The molecule has 2 atom stereocenters. The summed E-state index contributed by atoms with van der Waals surface area (Å²) in [6.07, 6.45) is 3.89. The number of hydrogen-bond acceptors (Lipinski definition) is 12. The van der Waals surface area contributed by atoms with Crippen LogP contribution in [0.1, 0.15) is 76.1 Å². The number of morpholine rings is 2. The van der Waals surface area contributed by atoms with Crippen molar-refractivity contribution in [1.29, 1.82) is 0 Å². The summed E-state index contributed by atoms with van der Waals surface area (Å²) >= 11 is 0. The Morgan fingerprint density at radius 3 is 1.60 bits per heavy atom. The summed E-state index contributed by atoms with van der Waals surface area (Å²) < 4.78 is 26.8. The zero-order chi connectivity index (χ0) is 47.0. The number of nitrogens with zero attached hydrogens (tertiary/aromatic N) is 8. The first kappa shape index (κ1) is 52.7. The van der Waals surface area contributed by atoms with Crippen LogP contribution >= 0.6 is 0 Å². The number of nitrogens with one attached hydrogen (secondary N) is 4. The molecule has 3 saturated heterocycles. The van der Waals surface area contributed by atoms with Gasteiger partial charge in [-0.05, 0) is 128 Å². The summed E-state index contributed by atoms with van der Waals surface area (Å²) in [5.41, 5.74) is 4.62. The molecule has 0 spiro atoms. The van der Waals surface area contributed by atoms with Gasteiger partial charge >= 0.3 is 19.2 Å². The maximum atomic E-state index is 11.7. The van der Waals surface area contributed by atoms with Gasteiger partial charge in [0.25, 0.3) is 0 Å². The quantitative estimate of drug-likeness (QED) is 0.111. The lowest BCUT2D eigenvalue weighted by Crippen LogP contribution is -2.44. The number of rotatable bonds is 8. The SMILES string of the molecule is C.C.CCNC(=O)Nc1ccc(-c2nc(N3CCOC[C@H]3C)c3cccn3n2)cc1.CCNC(=O)Nc1ccc(B2OC(C)(C)C(C)(C)O2)cc1.Cc1nc(N2CCOC[C@H]2C)c2cccn2n1. The summed E-state index contributed by atoms with van der Waals surface area (Å²) in [7, 11) is -0.381. The number of benzene rings is 2. The van der Waals surface area contributed by atoms with Gasteiger partial charge in [0.2, 0.25) is 0 Å². The molecule has 0 radical (unpaired) electrons. The van der Waals surface area contributed by atoms with E-state index in [1.807, 2.05) is 137 Å². The third kappa shape index (κ3) is 12.4. The molecule has 68 heavy (non-hydrogen) atoms. The second-order valence-corrected chi connectivity index (χ2v) is 17.4. The number of ether oxygens (including phenoxy) is 2. The molecule has 366 valence electrons. The highest BCUT2D eigenvalue weighted by molar-refractivity contribution is 6.62. The normalized spacial score (nSPS) is 18.2. The molecule has 0 bridgehead atoms. The smallest absolute Gasteiger partial charge is 0.399 e. The van der Waals surface area contributed by atoms with Gasteiger partial charge in [-0.2, -0.15) is 5.10 Å². The molecule has 19 heteroatoms. The van der Waals surface area contributed by atoms with E-state index in [4.69, 9.17) is 23.8 Å². The Morgan fingerprint density at radius 2 is 1.13 bits per heavy atom. The maximum absolute atomic E-state index is 11.7. The van der Waals surface area contributed by atoms with E-state index >= 15 is 0 Å². The molecule has 3 aliphatic rings. The Kier molecular flexibility index (Phi) is 17.9. The van der Waals surface area contributed by atoms with E-state index in [1.165, 1.54) is 0 Å². The van der Waals surface area contributed by atoms with Gasteiger partial charge < -0.3 is 49.8 Å². The van der Waals surface area contributed by atoms with Crippen LogP contribution in [0.4, 0.5) is 32.6 Å². The van der Waals surface area contributed by atoms with E-state index in [9.17, 15) is 9.59 Å². The first-order valence-electron chi connectivity index (χ1n) is 22.7. The lowest BCUT2D eigenvalue weighted by atomic mass is 9.79. The van der Waals surface area contributed by atoms with E-state index in [1.54, 1.807) is 0 Å². The second kappa shape index (κ2) is 23.2. The minimum Gasteiger partial charge on any atom is -0.399 e. The number of anilines is 4. The number of carbonyl (C=O) groups excluding carboxylic acids is 2. The van der Waals surface area contributed by atoms with Crippen LogP contribution in [0, 0.1) is 6.92 Å². The summed E-state index contributed by atoms with van der Waals surface area (Å²) in [5.74, 6) is 3.36. The van der Waals surface area contributed by atoms with Gasteiger partial charge in [0.15, 0.2) is 17.5 Å². The molecule has 3 fully saturated rings. The average molecular weight is 935 g/mol. The fourth-order valence-electron chi connectivity index (χ4n) is 7.65. The number of amides is 4. The number of urea groups is 2. The van der Waals surface area contributed by atoms with Crippen LogP contribution in [-0.2, 0) is 18.8 Å². The number of aromatic nitrogens is 6. The van der Waals surface area contributed by atoms with E-state index in [-0.39, 0.29) is 51.3 Å². The van der Waals surface area contributed by atoms with Crippen molar-refractivity contribution < 1.29 is 28.4 Å². The molecule has 4 N–H and O–H groups in total. The molecule has 9 rings (SSSR count). The number of hydrogen-bond donors (Lipinski definition) is 4. The first-order chi connectivity index (χ1) is 31.7. The van der Waals surface area contributed by atoms with Crippen molar-refractivity contribution >= 4 is 58.7 Å². The van der Waals surface area contributed by atoms with Crippen molar-refractivity contribution in [2.75, 3.05) is 73.0 Å². The van der Waals surface area contributed by atoms with Crippen LogP contribution in [0.15, 0.2) is 85.2 Å². The molecule has 18 nitrogen and oxygen atoms in total. The fraction of sp³-hybridized carbons (Fsp3) is 0.469. The van der Waals surface area contributed by atoms with Crippen LogP contribution in [0.25, 0.3) is 22.4 Å². The standard InChI is InChI=1S/C20H24N6O2.C15H23BN2O3.C12H16N4O.2CH4/c1-3-21-20(27)22-16-8-6-15(7-9-16)18-23-19(17-5-4-10-26(17)24-18)25-11-12-28-13-14(25)2;1-6-17-13(19)18-12-9-7-11(8-10-12)16-20-14(2,3)15(4,5)21-16;1-9-8-17-7-6-15(9)12-11-4-3-5-16(11)14-10(2)13-12;;/h4-10,14H,3,11-13H2,1-2H3,(H2,21,22,27);7-10H,6H2,1-5H3,(H2,17,18,19);3-5,9H,6-8H2,1-2H3;2*1H4/t14-;;9-;;/m1.1../s1. The van der Waals surface area contributed by atoms with Gasteiger partial charge in [-0.3, -0.25) is 0 Å². The molecular weight excluding hydrogens is 863 g/mol. The Balaban J connectivity index is 0.000000194. The summed E-state index contributed by atoms with van der Waals surface area (Å²) in [6, 6.07) is 23.3. The minimum absolute atomic E-state index is 0. The lowest BCUT2D eigenvalue weighted by molar-refractivity contribution is 0.00578. The monoisotopic (exact) mass is 935 g/mol. The molecule has 7 heterocycles. The molecule has 2 aromatic carbocycles. The van der Waals surface area contributed by atoms with Gasteiger partial charge in [0.05, 0.1) is 49.7 Å². The van der Waals surface area contributed by atoms with Crippen LogP contribution in [-0.4, -0.2) is 124 Å². The van der Waals surface area contributed by atoms with Gasteiger partial charge in [0.1, 0.15) is 16.9 Å². The van der Waals surface area contributed by atoms with Crippen molar-refractivity contribution in [3.8, 4) is 11.4 Å². The van der Waals surface area contributed by atoms with Gasteiger partial charge in [-0.15, -0.1) is 5.10 Å². The first-order valence-corrected chi connectivity index (χ1v) is 22.7. The zero-order valence-electron chi connectivity index (χ0n) is 39.5. The molecule has 4 aromatic heterocycles. The number of carbonyl (C=O) groups is 2. The Labute approximate surface area is 401 Å². The van der Waals surface area contributed by atoms with Crippen molar-refractivity contribution in [2.24, 2.45) is 0 Å². The van der Waals surface area contributed by atoms with E-state index in [0.717, 1.165) is 77.2 Å². The van der Waals surface area contributed by atoms with E-state index in [0.29, 0.717) is 38.2 Å². The number of aryl methyl sites for hydroxylation is 1. The van der Waals surface area contributed by atoms with Crippen molar-refractivity contribution in [3.05, 3.63) is 91.0 Å². The van der Waals surface area contributed by atoms with Crippen molar-refractivity contribution in [1.82, 2.24) is 39.8 Å². The maximum Gasteiger partial charge on any atom is 0.494 e. The largest absolute Gasteiger partial charge is 0.494 e. The van der Waals surface area contributed by atoms with Crippen LogP contribution < -0.4 is 36.5 Å². The van der Waals surface area contributed by atoms with Gasteiger partial charge in [-0.25, -0.2) is 28.6 Å². The molecule has 0 saturated carbocycles. The van der Waals surface area contributed by atoms with Gasteiger partial charge in [0, 0.05) is 55.5 Å². The fourth-order valence-corrected chi connectivity index (χ4v) is 7.65. The van der Waals surface area contributed by atoms with E-state index in [2.05, 4.69) is 66.2 Å². The molecular formula is C49H71BN12O6. The van der Waals surface area contributed by atoms with Crippen molar-refractivity contribution in [3.63, 3.8) is 0 Å². The van der Waals surface area contributed by atoms with Gasteiger partial charge in [-0.1, -0.05) is 27.0 Å². The predicted molar refractivity (Wildman–Crippen MR) is 272 cm³/mol. The summed E-state index contributed by atoms with van der Waals surface area (Å²) in [5, 5.41) is 20.0. The minimum atomic E-state index is -0.381. The summed E-state index contributed by atoms with van der Waals surface area (Å²) in [4.78, 5) is 37.2. The predicted octanol–water partition coefficient (Wildman–Crippen LogP) is 7.43. The van der Waals surface area contributed by atoms with Crippen LogP contribution in [0.3, 0.4) is 0 Å². The third-order valence-electron chi connectivity index (χ3n) is 11.9. The highest BCUT2D eigenvalue weighted by Crippen LogP contribution is 2.36. The number of fused-ring (bicyclic) bond motifs is 2. The lowest BCUT2D eigenvalue weighted by Gasteiger charge is -2.34. The Morgan fingerprint density at radius 1 is 0.676 bits per heavy atom. The molecule has 3 aliphatic heterocycles. The molecule has 0 unspecified atom stereocenters. The van der Waals surface area contributed by atoms with Crippen LogP contribution in [0.2, 0.25) is 0 Å². The highest BCUT2D eigenvalue weighted by Gasteiger charge is 2.51. The van der Waals surface area contributed by atoms with Crippen LogP contribution in [0.5, 0.6) is 0 Å². The topological polar surface area (TPSA) is 186 Å². The molecule has 4 amide bonds. The zero-order valence-corrected chi connectivity index (χ0v) is 39.5. The van der Waals surface area contributed by atoms with Crippen molar-refractivity contribution in [2.45, 2.75) is 100 Å². The second-order valence-electron chi connectivity index (χ2n) is 17.4. The summed E-state index contributed by atoms with van der Waals surface area (Å²) in [6.45, 7) is 23.9.